The van der Waals surface area contributed by atoms with Gasteiger partial charge in [-0.1, -0.05) is 17.7 Å². The molecule has 4 rings (SSSR count). The minimum atomic E-state index is -4.03. The van der Waals surface area contributed by atoms with Crippen molar-refractivity contribution in [1.82, 2.24) is 4.98 Å². The molecule has 0 radical (unpaired) electrons. The number of H-pyrrole nitrogens is 1. The Hall–Kier alpha value is -3.02. The molecule has 0 saturated heterocycles. The van der Waals surface area contributed by atoms with Crippen molar-refractivity contribution in [3.05, 3.63) is 63.0 Å². The van der Waals surface area contributed by atoms with E-state index in [9.17, 15) is 18.5 Å². The Bertz CT molecular complexity index is 1310. The molecule has 136 valence electrons. The summed E-state index contributed by atoms with van der Waals surface area (Å²) in [6.45, 7) is 0.188. The summed E-state index contributed by atoms with van der Waals surface area (Å²) >= 11 is 6.20. The van der Waals surface area contributed by atoms with E-state index >= 15 is 0 Å². The van der Waals surface area contributed by atoms with Crippen LogP contribution in [-0.2, 0) is 16.4 Å². The van der Waals surface area contributed by atoms with Crippen LogP contribution in [0, 0.1) is 11.3 Å². The van der Waals surface area contributed by atoms with Crippen LogP contribution in [-0.4, -0.2) is 19.9 Å². The quantitative estimate of drug-likeness (QED) is 0.640. The van der Waals surface area contributed by atoms with E-state index in [0.29, 0.717) is 23.4 Å². The van der Waals surface area contributed by atoms with Crippen LogP contribution in [0.1, 0.15) is 11.1 Å². The Labute approximate surface area is 159 Å². The summed E-state index contributed by atoms with van der Waals surface area (Å²) in [5.74, 6) is 0. The Morgan fingerprint density at radius 2 is 2.07 bits per heavy atom. The number of hydrogen-bond acceptors (Lipinski definition) is 5. The minimum absolute atomic E-state index is 0.0649. The van der Waals surface area contributed by atoms with E-state index in [1.165, 1.54) is 40.8 Å². The maximum absolute atomic E-state index is 13.4. The molecule has 1 aromatic heterocycles. The average Bonchev–Trinajstić information content (AvgIpc) is 3.09. The molecule has 2 heterocycles. The SMILES string of the molecule is N#Cc1cc(N)c2c(c1)N(S(=O)(=O)c1cccc3c(=O)[nH]cc(Cl)c13)CC2. The third-order valence-corrected chi connectivity index (χ3v) is 6.78. The van der Waals surface area contributed by atoms with Gasteiger partial charge in [0.2, 0.25) is 0 Å². The number of nitrogens with zero attached hydrogens (tertiary/aromatic N) is 2. The summed E-state index contributed by atoms with van der Waals surface area (Å²) in [7, 11) is -4.03. The van der Waals surface area contributed by atoms with Crippen molar-refractivity contribution >= 4 is 43.8 Å². The number of nitrogens with two attached hydrogens (primary N) is 1. The molecule has 3 aromatic rings. The van der Waals surface area contributed by atoms with Gasteiger partial charge in [0.1, 0.15) is 0 Å². The van der Waals surface area contributed by atoms with Crippen LogP contribution < -0.4 is 15.6 Å². The van der Waals surface area contributed by atoms with Crippen LogP contribution in [0.25, 0.3) is 10.8 Å². The smallest absolute Gasteiger partial charge is 0.265 e. The highest BCUT2D eigenvalue weighted by atomic mass is 35.5. The van der Waals surface area contributed by atoms with Gasteiger partial charge in [0.25, 0.3) is 15.6 Å². The Morgan fingerprint density at radius 1 is 1.30 bits per heavy atom. The lowest BCUT2D eigenvalue weighted by atomic mass is 10.1. The number of benzene rings is 2. The number of pyridine rings is 1. The first-order valence-corrected chi connectivity index (χ1v) is 9.81. The molecule has 1 aliphatic rings. The second-order valence-electron chi connectivity index (χ2n) is 6.15. The van der Waals surface area contributed by atoms with Crippen molar-refractivity contribution < 1.29 is 8.42 Å². The summed E-state index contributed by atoms with van der Waals surface area (Å²) in [5, 5.41) is 9.67. The van der Waals surface area contributed by atoms with Gasteiger partial charge in [-0.2, -0.15) is 5.26 Å². The molecule has 9 heteroatoms. The van der Waals surface area contributed by atoms with E-state index in [1.54, 1.807) is 0 Å². The second-order valence-corrected chi connectivity index (χ2v) is 8.38. The van der Waals surface area contributed by atoms with Crippen molar-refractivity contribution in [2.75, 3.05) is 16.6 Å². The highest BCUT2D eigenvalue weighted by molar-refractivity contribution is 7.93. The summed E-state index contributed by atoms with van der Waals surface area (Å²) in [6, 6.07) is 9.46. The first-order valence-electron chi connectivity index (χ1n) is 7.99. The van der Waals surface area contributed by atoms with Crippen LogP contribution in [0.3, 0.4) is 0 Å². The van der Waals surface area contributed by atoms with Gasteiger partial charge < -0.3 is 10.7 Å². The van der Waals surface area contributed by atoms with Gasteiger partial charge >= 0.3 is 0 Å². The van der Waals surface area contributed by atoms with Gasteiger partial charge in [-0.05, 0) is 30.7 Å². The lowest BCUT2D eigenvalue weighted by molar-refractivity contribution is 0.593. The molecular formula is C18H13ClN4O3S. The zero-order chi connectivity index (χ0) is 19.3. The number of fused-ring (bicyclic) bond motifs is 2. The average molecular weight is 401 g/mol. The first kappa shape index (κ1) is 17.4. The Morgan fingerprint density at radius 3 is 2.81 bits per heavy atom. The van der Waals surface area contributed by atoms with E-state index < -0.39 is 15.6 Å². The zero-order valence-electron chi connectivity index (χ0n) is 13.9. The molecule has 0 atom stereocenters. The van der Waals surface area contributed by atoms with Gasteiger partial charge in [-0.3, -0.25) is 9.10 Å². The van der Waals surface area contributed by atoms with Crippen molar-refractivity contribution in [3.8, 4) is 6.07 Å². The predicted molar refractivity (Wildman–Crippen MR) is 103 cm³/mol. The van der Waals surface area contributed by atoms with Gasteiger partial charge in [0.05, 0.1) is 27.2 Å². The molecule has 1 aliphatic heterocycles. The molecule has 3 N–H and O–H groups in total. The maximum atomic E-state index is 13.4. The fraction of sp³-hybridized carbons (Fsp3) is 0.111. The fourth-order valence-corrected chi connectivity index (χ4v) is 5.43. The number of sulfonamides is 1. The van der Waals surface area contributed by atoms with Crippen LogP contribution in [0.4, 0.5) is 11.4 Å². The third kappa shape index (κ3) is 2.55. The summed E-state index contributed by atoms with van der Waals surface area (Å²) < 4.78 is 28.0. The molecule has 0 bridgehead atoms. The van der Waals surface area contributed by atoms with Crippen molar-refractivity contribution in [3.63, 3.8) is 0 Å². The number of hydrogen-bond donors (Lipinski definition) is 2. The normalized spacial score (nSPS) is 13.6. The molecule has 0 unspecified atom stereocenters. The number of nitriles is 1. The summed E-state index contributed by atoms with van der Waals surface area (Å²) in [5.41, 5.74) is 7.28. The van der Waals surface area contributed by atoms with Gasteiger partial charge in [-0.25, -0.2) is 8.42 Å². The largest absolute Gasteiger partial charge is 0.398 e. The number of anilines is 2. The van der Waals surface area contributed by atoms with Crippen molar-refractivity contribution in [2.45, 2.75) is 11.3 Å². The molecule has 0 spiro atoms. The number of aromatic nitrogens is 1. The lowest BCUT2D eigenvalue weighted by Gasteiger charge is -2.21. The van der Waals surface area contributed by atoms with Crippen LogP contribution in [0.15, 0.2) is 46.2 Å². The molecule has 0 amide bonds. The molecule has 2 aromatic carbocycles. The van der Waals surface area contributed by atoms with Gasteiger partial charge in [-0.15, -0.1) is 0 Å². The second kappa shape index (κ2) is 6.01. The Balaban J connectivity index is 1.98. The number of halogens is 1. The predicted octanol–water partition coefficient (Wildman–Crippen LogP) is 2.39. The van der Waals surface area contributed by atoms with E-state index in [2.05, 4.69) is 4.98 Å². The highest BCUT2D eigenvalue weighted by Crippen LogP contribution is 2.39. The number of rotatable bonds is 2. The van der Waals surface area contributed by atoms with E-state index in [-0.39, 0.29) is 32.8 Å². The van der Waals surface area contributed by atoms with Crippen LogP contribution in [0.5, 0.6) is 0 Å². The number of nitrogen functional groups attached to an aromatic ring is 1. The zero-order valence-corrected chi connectivity index (χ0v) is 15.4. The van der Waals surface area contributed by atoms with E-state index in [0.717, 1.165) is 0 Å². The van der Waals surface area contributed by atoms with Crippen molar-refractivity contribution in [1.29, 1.82) is 5.26 Å². The molecular weight excluding hydrogens is 388 g/mol. The minimum Gasteiger partial charge on any atom is -0.398 e. The molecule has 7 nitrogen and oxygen atoms in total. The highest BCUT2D eigenvalue weighted by Gasteiger charge is 2.34. The van der Waals surface area contributed by atoms with E-state index in [1.807, 2.05) is 6.07 Å². The third-order valence-electron chi connectivity index (χ3n) is 4.63. The number of aromatic amines is 1. The van der Waals surface area contributed by atoms with Crippen molar-refractivity contribution in [2.24, 2.45) is 0 Å². The maximum Gasteiger partial charge on any atom is 0.265 e. The van der Waals surface area contributed by atoms with E-state index in [4.69, 9.17) is 17.3 Å². The fourth-order valence-electron chi connectivity index (χ4n) is 3.40. The number of nitrogens with one attached hydrogen (secondary N) is 1. The summed E-state index contributed by atoms with van der Waals surface area (Å²) in [6.07, 6.45) is 1.71. The van der Waals surface area contributed by atoms with Gasteiger partial charge in [0.15, 0.2) is 0 Å². The first-order chi connectivity index (χ1) is 12.8. The monoisotopic (exact) mass is 400 g/mol. The molecule has 27 heavy (non-hydrogen) atoms. The molecule has 0 fully saturated rings. The summed E-state index contributed by atoms with van der Waals surface area (Å²) in [4.78, 5) is 14.5. The molecule has 0 saturated carbocycles. The molecule has 0 aliphatic carbocycles. The van der Waals surface area contributed by atoms with Crippen LogP contribution >= 0.6 is 11.6 Å². The Kier molecular flexibility index (Phi) is 3.87. The lowest BCUT2D eigenvalue weighted by Crippen LogP contribution is -2.29. The standard InChI is InChI=1S/C18H13ClN4O3S/c19-13-9-22-18(24)12-2-1-3-16(17(12)13)27(25,26)23-5-4-11-14(21)6-10(8-20)7-15(11)23/h1-3,6-7,9H,4-5,21H2,(H,22,24). The van der Waals surface area contributed by atoms with Gasteiger partial charge in [0, 0.05) is 34.8 Å². The van der Waals surface area contributed by atoms with Crippen LogP contribution in [0.2, 0.25) is 5.02 Å². The topological polar surface area (TPSA) is 120 Å².